The van der Waals surface area contributed by atoms with Crippen LogP contribution in [0.15, 0.2) is 66.0 Å². The summed E-state index contributed by atoms with van der Waals surface area (Å²) >= 11 is 0. The van der Waals surface area contributed by atoms with Crippen LogP contribution in [0.1, 0.15) is 27.2 Å². The molecule has 34 heavy (non-hydrogen) atoms. The zero-order valence-corrected chi connectivity index (χ0v) is 20.6. The Kier molecular flexibility index (Phi) is 8.98. The summed E-state index contributed by atoms with van der Waals surface area (Å²) in [5.74, 6) is -0.310. The number of carbonyl (C=O) groups is 1. The molecule has 0 spiro atoms. The van der Waals surface area contributed by atoms with Crippen molar-refractivity contribution in [2.75, 3.05) is 34.0 Å². The third-order valence-electron chi connectivity index (χ3n) is 5.48. The van der Waals surface area contributed by atoms with E-state index in [0.717, 1.165) is 5.56 Å². The molecule has 0 unspecified atom stereocenters. The minimum absolute atomic E-state index is 0.0292. The fraction of sp³-hybridized carbons (Fsp3) is 0.360. The van der Waals surface area contributed by atoms with Crippen molar-refractivity contribution in [1.29, 1.82) is 0 Å². The summed E-state index contributed by atoms with van der Waals surface area (Å²) in [6.45, 7) is 3.38. The van der Waals surface area contributed by atoms with Crippen LogP contribution in [-0.4, -0.2) is 62.8 Å². The van der Waals surface area contributed by atoms with Gasteiger partial charge in [-0.15, -0.1) is 0 Å². The van der Waals surface area contributed by atoms with Gasteiger partial charge in [-0.3, -0.25) is 4.79 Å². The van der Waals surface area contributed by atoms with Crippen LogP contribution in [0.2, 0.25) is 0 Å². The molecule has 8 nitrogen and oxygen atoms in total. The average molecular weight is 486 g/mol. The van der Waals surface area contributed by atoms with Gasteiger partial charge in [-0.25, -0.2) is 13.4 Å². The standard InChI is InChI=1S/C25H31N3O5S/c1-20-9-7-8-12-23(20)24(29)27(13-15-32-2)18-22-17-26-25(28(22)14-16-33-3)34(30,31)19-21-10-5-4-6-11-21/h4-12,17H,13-16,18-19H2,1-3H3. The van der Waals surface area contributed by atoms with Crippen LogP contribution in [-0.2, 0) is 38.2 Å². The van der Waals surface area contributed by atoms with Gasteiger partial charge in [0.05, 0.1) is 37.4 Å². The topological polar surface area (TPSA) is 90.7 Å². The molecule has 3 aromatic rings. The molecule has 0 bridgehead atoms. The Balaban J connectivity index is 1.94. The van der Waals surface area contributed by atoms with Crippen LogP contribution >= 0.6 is 0 Å². The van der Waals surface area contributed by atoms with Gasteiger partial charge >= 0.3 is 0 Å². The number of sulfone groups is 1. The molecule has 0 aliphatic rings. The molecule has 0 fully saturated rings. The number of ether oxygens (including phenoxy) is 2. The number of carbonyl (C=O) groups excluding carboxylic acids is 1. The maximum Gasteiger partial charge on any atom is 0.254 e. The molecular weight excluding hydrogens is 454 g/mol. The highest BCUT2D eigenvalue weighted by molar-refractivity contribution is 7.90. The number of hydrogen-bond acceptors (Lipinski definition) is 6. The van der Waals surface area contributed by atoms with Crippen molar-refractivity contribution in [2.45, 2.75) is 30.9 Å². The van der Waals surface area contributed by atoms with Crippen molar-refractivity contribution in [3.8, 4) is 0 Å². The number of rotatable bonds is 12. The zero-order valence-electron chi connectivity index (χ0n) is 19.8. The smallest absolute Gasteiger partial charge is 0.254 e. The Morgan fingerprint density at radius 2 is 1.68 bits per heavy atom. The second-order valence-corrected chi connectivity index (χ2v) is 9.84. The predicted molar refractivity (Wildman–Crippen MR) is 129 cm³/mol. The third kappa shape index (κ3) is 6.31. The lowest BCUT2D eigenvalue weighted by molar-refractivity contribution is 0.0673. The second kappa shape index (κ2) is 11.9. The first kappa shape index (κ1) is 25.6. The number of aromatic nitrogens is 2. The molecule has 0 saturated carbocycles. The number of methoxy groups -OCH3 is 2. The molecule has 182 valence electrons. The van der Waals surface area contributed by atoms with E-state index in [1.807, 2.05) is 31.2 Å². The lowest BCUT2D eigenvalue weighted by Gasteiger charge is -2.24. The minimum atomic E-state index is -3.72. The van der Waals surface area contributed by atoms with Gasteiger partial charge in [0.25, 0.3) is 5.91 Å². The van der Waals surface area contributed by atoms with Gasteiger partial charge in [0.2, 0.25) is 15.0 Å². The first-order valence-corrected chi connectivity index (χ1v) is 12.7. The molecule has 0 aliphatic carbocycles. The van der Waals surface area contributed by atoms with E-state index in [1.54, 1.807) is 54.0 Å². The Bertz CT molecular complexity index is 1190. The molecule has 2 aromatic carbocycles. The minimum Gasteiger partial charge on any atom is -0.383 e. The highest BCUT2D eigenvalue weighted by atomic mass is 32.2. The second-order valence-electron chi connectivity index (χ2n) is 7.96. The van der Waals surface area contributed by atoms with Gasteiger partial charge in [-0.1, -0.05) is 48.5 Å². The van der Waals surface area contributed by atoms with Crippen LogP contribution in [0.25, 0.3) is 0 Å². The van der Waals surface area contributed by atoms with Gasteiger partial charge in [-0.05, 0) is 24.1 Å². The number of aryl methyl sites for hydroxylation is 1. The van der Waals surface area contributed by atoms with Crippen molar-refractivity contribution < 1.29 is 22.7 Å². The van der Waals surface area contributed by atoms with Gasteiger partial charge in [0, 0.05) is 32.9 Å². The van der Waals surface area contributed by atoms with Crippen molar-refractivity contribution >= 4 is 15.7 Å². The van der Waals surface area contributed by atoms with Crippen LogP contribution in [0.4, 0.5) is 0 Å². The van der Waals surface area contributed by atoms with E-state index in [2.05, 4.69) is 4.98 Å². The van der Waals surface area contributed by atoms with Crippen molar-refractivity contribution in [1.82, 2.24) is 14.5 Å². The Hall–Kier alpha value is -3.01. The highest BCUT2D eigenvalue weighted by Gasteiger charge is 2.26. The summed E-state index contributed by atoms with van der Waals surface area (Å²) in [6.07, 6.45) is 1.53. The maximum absolute atomic E-state index is 13.3. The molecule has 1 amide bonds. The summed E-state index contributed by atoms with van der Waals surface area (Å²) in [6, 6.07) is 16.4. The Morgan fingerprint density at radius 3 is 2.35 bits per heavy atom. The van der Waals surface area contributed by atoms with Gasteiger partial charge < -0.3 is 18.9 Å². The molecule has 1 aromatic heterocycles. The molecule has 0 radical (unpaired) electrons. The van der Waals surface area contributed by atoms with E-state index in [0.29, 0.717) is 43.1 Å². The van der Waals surface area contributed by atoms with Crippen LogP contribution in [0, 0.1) is 6.92 Å². The molecule has 0 N–H and O–H groups in total. The van der Waals surface area contributed by atoms with Crippen molar-refractivity contribution in [2.24, 2.45) is 0 Å². The normalized spacial score (nSPS) is 11.5. The number of hydrogen-bond donors (Lipinski definition) is 0. The fourth-order valence-electron chi connectivity index (χ4n) is 3.68. The quantitative estimate of drug-likeness (QED) is 0.392. The summed E-state index contributed by atoms with van der Waals surface area (Å²) in [7, 11) is -0.583. The average Bonchev–Trinajstić information content (AvgIpc) is 3.24. The van der Waals surface area contributed by atoms with Crippen LogP contribution in [0.5, 0.6) is 0 Å². The van der Waals surface area contributed by atoms with E-state index in [1.165, 1.54) is 6.20 Å². The predicted octanol–water partition coefficient (Wildman–Crippen LogP) is 3.10. The first-order chi connectivity index (χ1) is 16.4. The summed E-state index contributed by atoms with van der Waals surface area (Å²) < 4.78 is 38.5. The maximum atomic E-state index is 13.3. The van der Waals surface area contributed by atoms with Crippen LogP contribution in [0.3, 0.4) is 0 Å². The van der Waals surface area contributed by atoms with Gasteiger partial charge in [0.1, 0.15) is 0 Å². The molecule has 3 rings (SSSR count). The lowest BCUT2D eigenvalue weighted by Crippen LogP contribution is -2.35. The molecule has 9 heteroatoms. The lowest BCUT2D eigenvalue weighted by atomic mass is 10.1. The zero-order chi connectivity index (χ0) is 24.6. The number of amides is 1. The third-order valence-corrected chi connectivity index (χ3v) is 7.07. The molecule has 0 atom stereocenters. The first-order valence-electron chi connectivity index (χ1n) is 11.0. The van der Waals surface area contributed by atoms with Crippen LogP contribution < -0.4 is 0 Å². The Labute approximate surface area is 201 Å². The summed E-state index contributed by atoms with van der Waals surface area (Å²) in [5, 5.41) is -0.0292. The van der Waals surface area contributed by atoms with Gasteiger partial charge in [0.15, 0.2) is 0 Å². The molecule has 0 saturated heterocycles. The van der Waals surface area contributed by atoms with Crippen molar-refractivity contribution in [3.63, 3.8) is 0 Å². The number of benzene rings is 2. The van der Waals surface area contributed by atoms with Crippen molar-refractivity contribution in [3.05, 3.63) is 83.2 Å². The number of imidazole rings is 1. The summed E-state index contributed by atoms with van der Waals surface area (Å²) in [4.78, 5) is 19.3. The fourth-order valence-corrected chi connectivity index (χ4v) is 5.20. The molecular formula is C25H31N3O5S. The summed E-state index contributed by atoms with van der Waals surface area (Å²) in [5.41, 5.74) is 2.76. The van der Waals surface area contributed by atoms with E-state index in [-0.39, 0.29) is 23.4 Å². The van der Waals surface area contributed by atoms with Gasteiger partial charge in [-0.2, -0.15) is 0 Å². The van der Waals surface area contributed by atoms with E-state index in [4.69, 9.17) is 9.47 Å². The van der Waals surface area contributed by atoms with E-state index < -0.39 is 9.84 Å². The molecule has 0 aliphatic heterocycles. The SMILES string of the molecule is COCCN(Cc1cnc(S(=O)(=O)Cc2ccccc2)n1CCOC)C(=O)c1ccccc1C. The number of nitrogens with zero attached hydrogens (tertiary/aromatic N) is 3. The molecule has 1 heterocycles. The monoisotopic (exact) mass is 485 g/mol. The van der Waals surface area contributed by atoms with E-state index >= 15 is 0 Å². The highest BCUT2D eigenvalue weighted by Crippen LogP contribution is 2.20. The largest absolute Gasteiger partial charge is 0.383 e. The Morgan fingerprint density at radius 1 is 1.00 bits per heavy atom. The van der Waals surface area contributed by atoms with E-state index in [9.17, 15) is 13.2 Å².